The maximum atomic E-state index is 12.9. The van der Waals surface area contributed by atoms with E-state index in [1.54, 1.807) is 0 Å². The van der Waals surface area contributed by atoms with Gasteiger partial charge in [0.15, 0.2) is 0 Å². The molecule has 0 aromatic rings. The third-order valence-electron chi connectivity index (χ3n) is 6.09. The van der Waals surface area contributed by atoms with E-state index in [1.807, 2.05) is 0 Å². The van der Waals surface area contributed by atoms with Gasteiger partial charge in [0.1, 0.15) is 0 Å². The van der Waals surface area contributed by atoms with Crippen molar-refractivity contribution >= 4 is 5.91 Å². The lowest BCUT2D eigenvalue weighted by molar-refractivity contribution is -0.144. The summed E-state index contributed by atoms with van der Waals surface area (Å²) < 4.78 is 0. The molecule has 0 radical (unpaired) electrons. The topological polar surface area (TPSA) is 46.3 Å². The van der Waals surface area contributed by atoms with E-state index in [0.717, 1.165) is 44.1 Å². The van der Waals surface area contributed by atoms with Crippen LogP contribution in [-0.4, -0.2) is 29.4 Å². The zero-order valence-corrected chi connectivity index (χ0v) is 12.9. The largest absolute Gasteiger partial charge is 0.339 e. The quantitative estimate of drug-likeness (QED) is 0.801. The van der Waals surface area contributed by atoms with Gasteiger partial charge in [0.05, 0.1) is 0 Å². The standard InChI is InChI=1S/C17H30N2O/c1-12-9-10-19(16-8-3-2-7-15(12)16)17(20)13-5-4-6-14(18)11-13/h12-16H,2-11,18H2,1H3. The first kappa shape index (κ1) is 14.4. The predicted octanol–water partition coefficient (Wildman–Crippen LogP) is 2.93. The van der Waals surface area contributed by atoms with Gasteiger partial charge in [0, 0.05) is 24.5 Å². The summed E-state index contributed by atoms with van der Waals surface area (Å²) in [5.41, 5.74) is 6.08. The normalized spacial score (nSPS) is 42.1. The lowest BCUT2D eigenvalue weighted by Crippen LogP contribution is -2.54. The molecule has 0 aromatic heterocycles. The molecule has 20 heavy (non-hydrogen) atoms. The Labute approximate surface area is 123 Å². The molecule has 3 heteroatoms. The summed E-state index contributed by atoms with van der Waals surface area (Å²) in [7, 11) is 0. The van der Waals surface area contributed by atoms with E-state index in [1.165, 1.54) is 32.1 Å². The SMILES string of the molecule is CC1CCN(C(=O)C2CCCC(N)C2)C2CCCCC12. The van der Waals surface area contributed by atoms with Crippen LogP contribution in [0.25, 0.3) is 0 Å². The lowest BCUT2D eigenvalue weighted by atomic mass is 9.72. The van der Waals surface area contributed by atoms with E-state index >= 15 is 0 Å². The third-order valence-corrected chi connectivity index (χ3v) is 6.09. The van der Waals surface area contributed by atoms with E-state index in [-0.39, 0.29) is 12.0 Å². The second-order valence-electron chi connectivity index (χ2n) is 7.44. The predicted molar refractivity (Wildman–Crippen MR) is 81.2 cm³/mol. The molecule has 1 heterocycles. The van der Waals surface area contributed by atoms with Crippen molar-refractivity contribution in [3.63, 3.8) is 0 Å². The Morgan fingerprint density at radius 3 is 2.65 bits per heavy atom. The highest BCUT2D eigenvalue weighted by molar-refractivity contribution is 5.79. The van der Waals surface area contributed by atoms with Gasteiger partial charge in [0.25, 0.3) is 0 Å². The molecule has 0 bridgehead atoms. The Hall–Kier alpha value is -0.570. The maximum Gasteiger partial charge on any atom is 0.225 e. The highest BCUT2D eigenvalue weighted by atomic mass is 16.2. The number of carbonyl (C=O) groups is 1. The smallest absolute Gasteiger partial charge is 0.225 e. The summed E-state index contributed by atoms with van der Waals surface area (Å²) in [5, 5.41) is 0. The van der Waals surface area contributed by atoms with Gasteiger partial charge in [-0.2, -0.15) is 0 Å². The van der Waals surface area contributed by atoms with Crippen molar-refractivity contribution in [2.75, 3.05) is 6.54 Å². The van der Waals surface area contributed by atoms with Crippen molar-refractivity contribution in [3.05, 3.63) is 0 Å². The lowest BCUT2D eigenvalue weighted by Gasteiger charge is -2.48. The minimum absolute atomic E-state index is 0.217. The molecular weight excluding hydrogens is 248 g/mol. The number of hydrogen-bond donors (Lipinski definition) is 1. The van der Waals surface area contributed by atoms with Gasteiger partial charge >= 0.3 is 0 Å². The molecule has 114 valence electrons. The first-order valence-corrected chi connectivity index (χ1v) is 8.73. The van der Waals surface area contributed by atoms with Crippen LogP contribution in [0.1, 0.15) is 64.7 Å². The highest BCUT2D eigenvalue weighted by Crippen LogP contribution is 2.40. The first-order chi connectivity index (χ1) is 9.66. The molecule has 3 rings (SSSR count). The molecule has 2 saturated carbocycles. The minimum Gasteiger partial charge on any atom is -0.339 e. The fourth-order valence-electron chi connectivity index (χ4n) is 4.87. The average molecular weight is 278 g/mol. The molecule has 3 aliphatic rings. The number of nitrogens with two attached hydrogens (primary N) is 1. The molecule has 0 spiro atoms. The molecule has 3 fully saturated rings. The van der Waals surface area contributed by atoms with E-state index in [0.29, 0.717) is 11.9 Å². The number of hydrogen-bond acceptors (Lipinski definition) is 2. The van der Waals surface area contributed by atoms with Crippen LogP contribution in [0.3, 0.4) is 0 Å². The number of nitrogens with zero attached hydrogens (tertiary/aromatic N) is 1. The molecular formula is C17H30N2O. The number of fused-ring (bicyclic) bond motifs is 1. The van der Waals surface area contributed by atoms with Crippen molar-refractivity contribution in [1.82, 2.24) is 4.90 Å². The summed E-state index contributed by atoms with van der Waals surface area (Å²) in [6.45, 7) is 3.38. The third kappa shape index (κ3) is 2.74. The van der Waals surface area contributed by atoms with Crippen LogP contribution in [0, 0.1) is 17.8 Å². The van der Waals surface area contributed by atoms with Crippen molar-refractivity contribution in [3.8, 4) is 0 Å². The molecule has 0 aromatic carbocycles. The zero-order valence-electron chi connectivity index (χ0n) is 12.9. The molecule has 5 unspecified atom stereocenters. The van der Waals surface area contributed by atoms with E-state index in [2.05, 4.69) is 11.8 Å². The van der Waals surface area contributed by atoms with Crippen molar-refractivity contribution < 1.29 is 4.79 Å². The van der Waals surface area contributed by atoms with Gasteiger partial charge in [-0.3, -0.25) is 4.79 Å². The Kier molecular flexibility index (Phi) is 4.34. The molecule has 1 amide bonds. The van der Waals surface area contributed by atoms with Gasteiger partial charge in [-0.15, -0.1) is 0 Å². The number of carbonyl (C=O) groups excluding carboxylic acids is 1. The van der Waals surface area contributed by atoms with E-state index in [4.69, 9.17) is 5.73 Å². The summed E-state index contributed by atoms with van der Waals surface area (Å²) in [6, 6.07) is 0.793. The summed E-state index contributed by atoms with van der Waals surface area (Å²) >= 11 is 0. The Morgan fingerprint density at radius 2 is 1.85 bits per heavy atom. The average Bonchev–Trinajstić information content (AvgIpc) is 2.47. The molecule has 3 nitrogen and oxygen atoms in total. The summed E-state index contributed by atoms with van der Waals surface area (Å²) in [4.78, 5) is 15.2. The zero-order chi connectivity index (χ0) is 14.1. The Bertz CT molecular complexity index is 357. The fraction of sp³-hybridized carbons (Fsp3) is 0.941. The summed E-state index contributed by atoms with van der Waals surface area (Å²) in [5.74, 6) is 2.22. The van der Waals surface area contributed by atoms with Crippen molar-refractivity contribution in [2.24, 2.45) is 23.5 Å². The van der Waals surface area contributed by atoms with Gasteiger partial charge in [0.2, 0.25) is 5.91 Å². The van der Waals surface area contributed by atoms with Crippen LogP contribution in [0.2, 0.25) is 0 Å². The van der Waals surface area contributed by atoms with Gasteiger partial charge in [-0.05, 0) is 50.4 Å². The number of piperidine rings is 1. The number of amides is 1. The van der Waals surface area contributed by atoms with Crippen LogP contribution in [0.15, 0.2) is 0 Å². The number of likely N-dealkylation sites (tertiary alicyclic amines) is 1. The monoisotopic (exact) mass is 278 g/mol. The van der Waals surface area contributed by atoms with Crippen molar-refractivity contribution in [2.45, 2.75) is 76.8 Å². The van der Waals surface area contributed by atoms with Crippen LogP contribution in [0.5, 0.6) is 0 Å². The minimum atomic E-state index is 0.217. The van der Waals surface area contributed by atoms with Crippen LogP contribution >= 0.6 is 0 Å². The fourth-order valence-corrected chi connectivity index (χ4v) is 4.87. The second kappa shape index (κ2) is 6.05. The molecule has 1 saturated heterocycles. The van der Waals surface area contributed by atoms with Gasteiger partial charge < -0.3 is 10.6 Å². The first-order valence-electron chi connectivity index (χ1n) is 8.73. The molecule has 5 atom stereocenters. The van der Waals surface area contributed by atoms with Crippen molar-refractivity contribution in [1.29, 1.82) is 0 Å². The van der Waals surface area contributed by atoms with Crippen LogP contribution < -0.4 is 5.73 Å². The van der Waals surface area contributed by atoms with Crippen LogP contribution in [-0.2, 0) is 4.79 Å². The Balaban J connectivity index is 1.70. The van der Waals surface area contributed by atoms with Gasteiger partial charge in [-0.1, -0.05) is 26.2 Å². The molecule has 2 aliphatic carbocycles. The highest BCUT2D eigenvalue weighted by Gasteiger charge is 2.41. The van der Waals surface area contributed by atoms with Gasteiger partial charge in [-0.25, -0.2) is 0 Å². The Morgan fingerprint density at radius 1 is 1.05 bits per heavy atom. The maximum absolute atomic E-state index is 12.9. The molecule has 2 N–H and O–H groups in total. The summed E-state index contributed by atoms with van der Waals surface area (Å²) in [6.07, 6.45) is 10.7. The van der Waals surface area contributed by atoms with E-state index in [9.17, 15) is 4.79 Å². The number of rotatable bonds is 1. The second-order valence-corrected chi connectivity index (χ2v) is 7.44. The van der Waals surface area contributed by atoms with E-state index < -0.39 is 0 Å². The van der Waals surface area contributed by atoms with Crippen LogP contribution in [0.4, 0.5) is 0 Å². The molecule has 1 aliphatic heterocycles.